The van der Waals surface area contributed by atoms with E-state index >= 15 is 0 Å². The molecular formula is C32H47N5. The summed E-state index contributed by atoms with van der Waals surface area (Å²) in [4.78, 5) is 15.2. The van der Waals surface area contributed by atoms with Crippen molar-refractivity contribution in [1.82, 2.24) is 14.9 Å². The van der Waals surface area contributed by atoms with Gasteiger partial charge in [0.1, 0.15) is 5.82 Å². The van der Waals surface area contributed by atoms with Crippen molar-refractivity contribution in [2.45, 2.75) is 86.2 Å². The van der Waals surface area contributed by atoms with Gasteiger partial charge in [0.25, 0.3) is 0 Å². The second-order valence-corrected chi connectivity index (χ2v) is 13.1. The van der Waals surface area contributed by atoms with Crippen LogP contribution >= 0.6 is 0 Å². The van der Waals surface area contributed by atoms with Crippen LogP contribution < -0.4 is 10.2 Å². The summed E-state index contributed by atoms with van der Waals surface area (Å²) < 4.78 is 0. The van der Waals surface area contributed by atoms with E-state index in [0.29, 0.717) is 5.41 Å². The molecule has 0 spiro atoms. The molecule has 0 radical (unpaired) electrons. The van der Waals surface area contributed by atoms with Gasteiger partial charge in [-0.2, -0.15) is 4.98 Å². The summed E-state index contributed by atoms with van der Waals surface area (Å²) in [5.41, 5.74) is 7.51. The van der Waals surface area contributed by atoms with Crippen LogP contribution in [0.3, 0.4) is 0 Å². The Kier molecular flexibility index (Phi) is 7.12. The van der Waals surface area contributed by atoms with Gasteiger partial charge in [-0.3, -0.25) is 0 Å². The first-order chi connectivity index (χ1) is 17.5. The molecule has 0 amide bonds. The number of benzene rings is 1. The Morgan fingerprint density at radius 1 is 1.08 bits per heavy atom. The van der Waals surface area contributed by atoms with E-state index in [-0.39, 0.29) is 6.04 Å². The van der Waals surface area contributed by atoms with Gasteiger partial charge in [0.2, 0.25) is 5.95 Å². The first-order valence-corrected chi connectivity index (χ1v) is 14.4. The fourth-order valence-corrected chi connectivity index (χ4v) is 7.11. The number of hydrogen-bond acceptors (Lipinski definition) is 5. The van der Waals surface area contributed by atoms with Gasteiger partial charge in [-0.15, -0.1) is 0 Å². The fraction of sp³-hybridized carbons (Fsp3) is 0.625. The van der Waals surface area contributed by atoms with E-state index < -0.39 is 0 Å². The number of anilines is 2. The van der Waals surface area contributed by atoms with Crippen LogP contribution in [0.5, 0.6) is 0 Å². The number of nitrogens with zero attached hydrogens (tertiary/aromatic N) is 4. The largest absolute Gasteiger partial charge is 0.363 e. The number of likely N-dealkylation sites (tertiary alicyclic amines) is 1. The van der Waals surface area contributed by atoms with E-state index in [0.717, 1.165) is 59.6 Å². The van der Waals surface area contributed by atoms with Gasteiger partial charge < -0.3 is 15.1 Å². The van der Waals surface area contributed by atoms with Gasteiger partial charge in [0.15, 0.2) is 0 Å². The van der Waals surface area contributed by atoms with Gasteiger partial charge in [0, 0.05) is 31.2 Å². The quantitative estimate of drug-likeness (QED) is 0.445. The molecule has 1 N–H and O–H groups in total. The van der Waals surface area contributed by atoms with Gasteiger partial charge in [0.05, 0.1) is 11.7 Å². The summed E-state index contributed by atoms with van der Waals surface area (Å²) in [7, 11) is 0. The molecule has 3 aliphatic rings. The Labute approximate surface area is 224 Å². The molecule has 1 aromatic heterocycles. The van der Waals surface area contributed by atoms with Gasteiger partial charge >= 0.3 is 0 Å². The Balaban J connectivity index is 1.27. The molecule has 5 heteroatoms. The van der Waals surface area contributed by atoms with E-state index in [9.17, 15) is 0 Å². The second-order valence-electron chi connectivity index (χ2n) is 13.1. The van der Waals surface area contributed by atoms with E-state index in [4.69, 9.17) is 9.97 Å². The molecule has 3 heterocycles. The third-order valence-corrected chi connectivity index (χ3v) is 9.19. The highest BCUT2D eigenvalue weighted by atomic mass is 15.3. The van der Waals surface area contributed by atoms with E-state index in [1.54, 1.807) is 0 Å². The third kappa shape index (κ3) is 5.43. The highest BCUT2D eigenvalue weighted by molar-refractivity contribution is 5.74. The number of hydrogen-bond donors (Lipinski definition) is 1. The molecule has 37 heavy (non-hydrogen) atoms. The lowest BCUT2D eigenvalue weighted by Crippen LogP contribution is -2.57. The van der Waals surface area contributed by atoms with Crippen LogP contribution in [0.1, 0.15) is 87.4 Å². The lowest BCUT2D eigenvalue weighted by atomic mass is 9.67. The Morgan fingerprint density at radius 3 is 2.46 bits per heavy atom. The van der Waals surface area contributed by atoms with Crippen LogP contribution in [0.25, 0.3) is 5.57 Å². The van der Waals surface area contributed by atoms with Crippen LogP contribution in [0.2, 0.25) is 0 Å². The number of allylic oxidation sites excluding steroid dienone is 1. The first kappa shape index (κ1) is 26.2. The highest BCUT2D eigenvalue weighted by Crippen LogP contribution is 2.45. The number of aryl methyl sites for hydroxylation is 3. The zero-order valence-corrected chi connectivity index (χ0v) is 24.2. The molecule has 0 bridgehead atoms. The van der Waals surface area contributed by atoms with Gasteiger partial charge in [-0.1, -0.05) is 44.2 Å². The van der Waals surface area contributed by atoms with Crippen LogP contribution in [-0.4, -0.2) is 47.1 Å². The molecule has 2 aliphatic heterocycles. The molecule has 2 atom stereocenters. The van der Waals surface area contributed by atoms with Crippen molar-refractivity contribution in [2.75, 3.05) is 36.4 Å². The van der Waals surface area contributed by atoms with Crippen molar-refractivity contribution in [1.29, 1.82) is 0 Å². The summed E-state index contributed by atoms with van der Waals surface area (Å²) in [5.74, 6) is 3.34. The minimum Gasteiger partial charge on any atom is -0.363 e. The molecule has 5 nitrogen and oxygen atoms in total. The smallest absolute Gasteiger partial charge is 0.227 e. The van der Waals surface area contributed by atoms with Crippen molar-refractivity contribution in [3.05, 3.63) is 52.7 Å². The van der Waals surface area contributed by atoms with Crippen LogP contribution in [0.4, 0.5) is 11.8 Å². The van der Waals surface area contributed by atoms with E-state index in [1.807, 2.05) is 0 Å². The molecule has 200 valence electrons. The molecular weight excluding hydrogens is 454 g/mol. The molecule has 2 saturated heterocycles. The standard InChI is InChI=1S/C32H47N5/c1-20(2)29-24(6)34-31(35-30(29)33-23(5)28-12-11-21(3)14-22(28)4)37-18-26(19-37)25-10-9-13-36(17-25)27-15-32(7,8)16-27/h11-12,14,23,25-27H,1,9-10,13,15-19H2,2-8H3,(H,33,34,35)/t23-,25+/m1/s1. The summed E-state index contributed by atoms with van der Waals surface area (Å²) in [6, 6.07) is 7.64. The lowest BCUT2D eigenvalue weighted by Gasteiger charge is -2.53. The zero-order valence-electron chi connectivity index (χ0n) is 24.2. The molecule has 0 unspecified atom stereocenters. The maximum absolute atomic E-state index is 5.08. The van der Waals surface area contributed by atoms with Crippen molar-refractivity contribution in [3.8, 4) is 0 Å². The summed E-state index contributed by atoms with van der Waals surface area (Å²) >= 11 is 0. The van der Waals surface area contributed by atoms with Gasteiger partial charge in [-0.05, 0) is 101 Å². The van der Waals surface area contributed by atoms with E-state index in [2.05, 4.69) is 88.4 Å². The molecule has 1 aromatic carbocycles. The second kappa shape index (κ2) is 10.1. The third-order valence-electron chi connectivity index (χ3n) is 9.19. The topological polar surface area (TPSA) is 44.3 Å². The zero-order chi connectivity index (χ0) is 26.5. The molecule has 3 fully saturated rings. The Hall–Kier alpha value is -2.40. The number of rotatable bonds is 7. The first-order valence-electron chi connectivity index (χ1n) is 14.4. The number of nitrogens with one attached hydrogen (secondary N) is 1. The van der Waals surface area contributed by atoms with Crippen LogP contribution in [0, 0.1) is 38.0 Å². The molecule has 1 saturated carbocycles. The predicted octanol–water partition coefficient (Wildman–Crippen LogP) is 6.94. The van der Waals surface area contributed by atoms with Crippen LogP contribution in [-0.2, 0) is 0 Å². The highest BCUT2D eigenvalue weighted by Gasteiger charge is 2.43. The predicted molar refractivity (Wildman–Crippen MR) is 156 cm³/mol. The summed E-state index contributed by atoms with van der Waals surface area (Å²) in [6.07, 6.45) is 5.47. The van der Waals surface area contributed by atoms with Crippen molar-refractivity contribution in [2.24, 2.45) is 17.3 Å². The average Bonchev–Trinajstić information content (AvgIpc) is 2.76. The SMILES string of the molecule is C=C(C)c1c(C)nc(N2CC([C@H]3CCCN(C4CC(C)(C)C4)C3)C2)nc1N[C@H](C)c1ccc(C)cc1C. The fourth-order valence-electron chi connectivity index (χ4n) is 7.11. The Morgan fingerprint density at radius 2 is 1.81 bits per heavy atom. The van der Waals surface area contributed by atoms with Gasteiger partial charge in [-0.25, -0.2) is 4.98 Å². The maximum Gasteiger partial charge on any atom is 0.227 e. The summed E-state index contributed by atoms with van der Waals surface area (Å²) in [5, 5.41) is 3.72. The average molecular weight is 502 g/mol. The van der Waals surface area contributed by atoms with Crippen LogP contribution in [0.15, 0.2) is 24.8 Å². The lowest BCUT2D eigenvalue weighted by molar-refractivity contribution is -0.00913. The minimum absolute atomic E-state index is 0.148. The number of piperidine rings is 1. The van der Waals surface area contributed by atoms with Crippen molar-refractivity contribution < 1.29 is 0 Å². The molecule has 2 aromatic rings. The maximum atomic E-state index is 5.08. The van der Waals surface area contributed by atoms with E-state index in [1.165, 1.54) is 55.5 Å². The minimum atomic E-state index is 0.148. The van der Waals surface area contributed by atoms with Crippen molar-refractivity contribution in [3.63, 3.8) is 0 Å². The van der Waals surface area contributed by atoms with Crippen molar-refractivity contribution >= 4 is 17.3 Å². The normalized spacial score (nSPS) is 23.3. The Bertz CT molecular complexity index is 1150. The summed E-state index contributed by atoms with van der Waals surface area (Å²) in [6.45, 7) is 24.5. The number of aromatic nitrogens is 2. The molecule has 1 aliphatic carbocycles. The monoisotopic (exact) mass is 501 g/mol. The molecule has 5 rings (SSSR count).